The quantitative estimate of drug-likeness (QED) is 0.768. The van der Waals surface area contributed by atoms with Crippen molar-refractivity contribution in [2.45, 2.75) is 32.3 Å². The maximum Gasteiger partial charge on any atom is 0.341 e. The van der Waals surface area contributed by atoms with Crippen LogP contribution in [0.1, 0.15) is 26.7 Å². The molecule has 21 heavy (non-hydrogen) atoms. The second-order valence-corrected chi connectivity index (χ2v) is 4.85. The summed E-state index contributed by atoms with van der Waals surface area (Å²) in [6.07, 6.45) is 1.45. The number of carbonyl (C=O) groups is 2. The zero-order valence-electron chi connectivity index (χ0n) is 12.5. The van der Waals surface area contributed by atoms with Crippen molar-refractivity contribution in [2.24, 2.45) is 0 Å². The highest BCUT2D eigenvalue weighted by Gasteiger charge is 2.31. The first-order valence-corrected chi connectivity index (χ1v) is 6.72. The molecule has 0 aliphatic carbocycles. The molecule has 0 saturated heterocycles. The van der Waals surface area contributed by atoms with E-state index in [-0.39, 0.29) is 5.91 Å². The molecule has 1 atom stereocenters. The van der Waals surface area contributed by atoms with Crippen LogP contribution in [-0.4, -0.2) is 36.3 Å². The third-order valence-corrected chi connectivity index (χ3v) is 3.13. The molecule has 0 aliphatic rings. The van der Waals surface area contributed by atoms with Crippen molar-refractivity contribution < 1.29 is 24.2 Å². The van der Waals surface area contributed by atoms with E-state index < -0.39 is 18.2 Å². The van der Waals surface area contributed by atoms with Gasteiger partial charge >= 0.3 is 5.97 Å². The van der Waals surface area contributed by atoms with Crippen molar-refractivity contribution in [2.75, 3.05) is 19.0 Å². The van der Waals surface area contributed by atoms with Gasteiger partial charge in [0.15, 0.2) is 6.61 Å². The standard InChI is InChI=1S/C15H21NO5/c1-4-9-15(2,20-3)14(19)16-11-5-7-12(8-6-11)21-10-13(17)18/h5-8H,4,9-10H2,1-3H3,(H,16,19)(H,17,18)/t15-/m1/s1. The van der Waals surface area contributed by atoms with Crippen molar-refractivity contribution in [3.8, 4) is 5.75 Å². The highest BCUT2D eigenvalue weighted by atomic mass is 16.5. The first-order valence-electron chi connectivity index (χ1n) is 6.72. The van der Waals surface area contributed by atoms with Gasteiger partial charge in [0.1, 0.15) is 11.4 Å². The number of carboxylic acids is 1. The number of carboxylic acid groups (broad SMARTS) is 1. The Morgan fingerprint density at radius 3 is 2.38 bits per heavy atom. The van der Waals surface area contributed by atoms with Crippen molar-refractivity contribution in [3.05, 3.63) is 24.3 Å². The van der Waals surface area contributed by atoms with E-state index in [9.17, 15) is 9.59 Å². The lowest BCUT2D eigenvalue weighted by atomic mass is 9.99. The monoisotopic (exact) mass is 295 g/mol. The second-order valence-electron chi connectivity index (χ2n) is 4.85. The topological polar surface area (TPSA) is 84.9 Å². The predicted molar refractivity (Wildman–Crippen MR) is 78.5 cm³/mol. The fourth-order valence-electron chi connectivity index (χ4n) is 1.83. The van der Waals surface area contributed by atoms with Crippen LogP contribution in [0.5, 0.6) is 5.75 Å². The fraction of sp³-hybridized carbons (Fsp3) is 0.467. The van der Waals surface area contributed by atoms with Crippen LogP contribution in [0.25, 0.3) is 0 Å². The molecular formula is C15H21NO5. The molecule has 0 aliphatic heterocycles. The Labute approximate surface area is 124 Å². The summed E-state index contributed by atoms with van der Waals surface area (Å²) in [5, 5.41) is 11.3. The summed E-state index contributed by atoms with van der Waals surface area (Å²) in [6.45, 7) is 3.33. The lowest BCUT2D eigenvalue weighted by molar-refractivity contribution is -0.139. The molecular weight excluding hydrogens is 274 g/mol. The van der Waals surface area contributed by atoms with Gasteiger partial charge in [0, 0.05) is 12.8 Å². The molecule has 0 aromatic heterocycles. The number of nitrogens with one attached hydrogen (secondary N) is 1. The molecule has 0 unspecified atom stereocenters. The molecule has 6 nitrogen and oxygen atoms in total. The largest absolute Gasteiger partial charge is 0.482 e. The van der Waals surface area contributed by atoms with Crippen LogP contribution in [0, 0.1) is 0 Å². The molecule has 0 heterocycles. The third kappa shape index (κ3) is 5.07. The molecule has 1 amide bonds. The average molecular weight is 295 g/mol. The van der Waals surface area contributed by atoms with Gasteiger partial charge in [-0.05, 0) is 37.6 Å². The Bertz CT molecular complexity index is 485. The van der Waals surface area contributed by atoms with Gasteiger partial charge in [-0.25, -0.2) is 4.79 Å². The number of rotatable bonds is 8. The van der Waals surface area contributed by atoms with Gasteiger partial charge in [0.2, 0.25) is 0 Å². The molecule has 0 spiro atoms. The number of carbonyl (C=O) groups excluding carboxylic acids is 1. The number of ether oxygens (including phenoxy) is 2. The van der Waals surface area contributed by atoms with Crippen molar-refractivity contribution in [3.63, 3.8) is 0 Å². The smallest absolute Gasteiger partial charge is 0.341 e. The molecule has 0 saturated carbocycles. The van der Waals surface area contributed by atoms with Crippen molar-refractivity contribution >= 4 is 17.6 Å². The minimum absolute atomic E-state index is 0.217. The third-order valence-electron chi connectivity index (χ3n) is 3.13. The van der Waals surface area contributed by atoms with Crippen LogP contribution in [0.4, 0.5) is 5.69 Å². The van der Waals surface area contributed by atoms with E-state index in [0.29, 0.717) is 17.9 Å². The number of methoxy groups -OCH3 is 1. The van der Waals surface area contributed by atoms with E-state index in [1.54, 1.807) is 31.2 Å². The Morgan fingerprint density at radius 1 is 1.29 bits per heavy atom. The van der Waals surface area contributed by atoms with Crippen LogP contribution in [0.2, 0.25) is 0 Å². The Balaban J connectivity index is 2.66. The molecule has 1 aromatic carbocycles. The summed E-state index contributed by atoms with van der Waals surface area (Å²) in [6, 6.07) is 6.50. The fourth-order valence-corrected chi connectivity index (χ4v) is 1.83. The molecule has 6 heteroatoms. The van der Waals surface area contributed by atoms with Crippen LogP contribution < -0.4 is 10.1 Å². The summed E-state index contributed by atoms with van der Waals surface area (Å²) in [7, 11) is 1.51. The Hall–Kier alpha value is -2.08. The SMILES string of the molecule is CCC[C@@](C)(OC)C(=O)Nc1ccc(OCC(=O)O)cc1. The van der Waals surface area contributed by atoms with Gasteiger partial charge in [-0.15, -0.1) is 0 Å². The number of hydrogen-bond donors (Lipinski definition) is 2. The number of amides is 1. The first kappa shape index (κ1) is 17.0. The molecule has 1 rings (SSSR count). The summed E-state index contributed by atoms with van der Waals surface area (Å²) in [5.74, 6) is -0.827. The van der Waals surface area contributed by atoms with Gasteiger partial charge in [-0.1, -0.05) is 13.3 Å². The summed E-state index contributed by atoms with van der Waals surface area (Å²) < 4.78 is 10.3. The Kier molecular flexibility index (Phi) is 6.17. The summed E-state index contributed by atoms with van der Waals surface area (Å²) in [4.78, 5) is 22.6. The number of hydrogen-bond acceptors (Lipinski definition) is 4. The molecule has 2 N–H and O–H groups in total. The molecule has 1 aromatic rings. The normalized spacial score (nSPS) is 13.3. The zero-order valence-corrected chi connectivity index (χ0v) is 12.5. The van der Waals surface area contributed by atoms with E-state index in [1.807, 2.05) is 6.92 Å². The van der Waals surface area contributed by atoms with E-state index in [0.717, 1.165) is 6.42 Å². The van der Waals surface area contributed by atoms with Gasteiger partial charge in [-0.3, -0.25) is 4.79 Å². The predicted octanol–water partition coefficient (Wildman–Crippen LogP) is 2.29. The molecule has 0 radical (unpaired) electrons. The average Bonchev–Trinajstić information content (AvgIpc) is 2.46. The second kappa shape index (κ2) is 7.64. The van der Waals surface area contributed by atoms with Gasteiger partial charge in [-0.2, -0.15) is 0 Å². The minimum Gasteiger partial charge on any atom is -0.482 e. The molecule has 0 fully saturated rings. The van der Waals surface area contributed by atoms with Gasteiger partial charge in [0.05, 0.1) is 0 Å². The van der Waals surface area contributed by atoms with Crippen molar-refractivity contribution in [1.29, 1.82) is 0 Å². The zero-order chi connectivity index (χ0) is 15.9. The van der Waals surface area contributed by atoms with Crippen LogP contribution in [0.3, 0.4) is 0 Å². The number of aliphatic carboxylic acids is 1. The summed E-state index contributed by atoms with van der Waals surface area (Å²) in [5.41, 5.74) is -0.269. The Morgan fingerprint density at radius 2 is 1.90 bits per heavy atom. The van der Waals surface area contributed by atoms with E-state index >= 15 is 0 Å². The van der Waals surface area contributed by atoms with Crippen LogP contribution in [0.15, 0.2) is 24.3 Å². The van der Waals surface area contributed by atoms with Crippen molar-refractivity contribution in [1.82, 2.24) is 0 Å². The van der Waals surface area contributed by atoms with Gasteiger partial charge in [0.25, 0.3) is 5.91 Å². The first-order chi connectivity index (χ1) is 9.91. The highest BCUT2D eigenvalue weighted by Crippen LogP contribution is 2.21. The van der Waals surface area contributed by atoms with E-state index in [4.69, 9.17) is 14.6 Å². The number of benzene rings is 1. The maximum absolute atomic E-state index is 12.2. The minimum atomic E-state index is -1.04. The lowest BCUT2D eigenvalue weighted by Gasteiger charge is -2.26. The van der Waals surface area contributed by atoms with Crippen LogP contribution in [-0.2, 0) is 14.3 Å². The molecule has 0 bridgehead atoms. The summed E-state index contributed by atoms with van der Waals surface area (Å²) >= 11 is 0. The van der Waals surface area contributed by atoms with Crippen LogP contribution >= 0.6 is 0 Å². The molecule has 116 valence electrons. The maximum atomic E-state index is 12.2. The highest BCUT2D eigenvalue weighted by molar-refractivity contribution is 5.97. The van der Waals surface area contributed by atoms with Gasteiger partial charge < -0.3 is 19.9 Å². The van der Waals surface area contributed by atoms with E-state index in [1.165, 1.54) is 7.11 Å². The number of anilines is 1. The van der Waals surface area contributed by atoms with E-state index in [2.05, 4.69) is 5.32 Å². The lowest BCUT2D eigenvalue weighted by Crippen LogP contribution is -2.41.